The summed E-state index contributed by atoms with van der Waals surface area (Å²) in [6.45, 7) is 0.485. The SMILES string of the molecule is O=C(Nc1ccc2occc2c1)c1ccc(N2CCCCS2(=O)=O)cc1. The van der Waals surface area contributed by atoms with Gasteiger partial charge >= 0.3 is 0 Å². The van der Waals surface area contributed by atoms with Crippen LogP contribution in [0.2, 0.25) is 0 Å². The summed E-state index contributed by atoms with van der Waals surface area (Å²) in [4.78, 5) is 12.4. The molecule has 4 rings (SSSR count). The molecular weight excluding hydrogens is 352 g/mol. The van der Waals surface area contributed by atoms with E-state index in [9.17, 15) is 13.2 Å². The number of sulfonamides is 1. The van der Waals surface area contributed by atoms with Gasteiger partial charge in [-0.3, -0.25) is 9.10 Å². The molecule has 0 saturated carbocycles. The highest BCUT2D eigenvalue weighted by molar-refractivity contribution is 7.92. The molecule has 7 heteroatoms. The summed E-state index contributed by atoms with van der Waals surface area (Å²) >= 11 is 0. The van der Waals surface area contributed by atoms with Crippen molar-refractivity contribution in [1.29, 1.82) is 0 Å². The van der Waals surface area contributed by atoms with Crippen LogP contribution in [0.25, 0.3) is 11.0 Å². The Labute approximate surface area is 151 Å². The molecule has 1 aromatic heterocycles. The molecule has 2 aromatic carbocycles. The van der Waals surface area contributed by atoms with Crippen LogP contribution in [0.4, 0.5) is 11.4 Å². The molecule has 1 saturated heterocycles. The Morgan fingerprint density at radius 1 is 1.04 bits per heavy atom. The standard InChI is InChI=1S/C19H18N2O4S/c22-19(20-16-5-8-18-15(13-16)9-11-25-18)14-3-6-17(7-4-14)21-10-1-2-12-26(21,23)24/h3-9,11,13H,1-2,10,12H2,(H,20,22). The van der Waals surface area contributed by atoms with Crippen molar-refractivity contribution in [2.24, 2.45) is 0 Å². The van der Waals surface area contributed by atoms with E-state index in [0.717, 1.165) is 17.4 Å². The van der Waals surface area contributed by atoms with E-state index in [1.807, 2.05) is 12.1 Å². The molecule has 134 valence electrons. The maximum atomic E-state index is 12.4. The van der Waals surface area contributed by atoms with Crippen molar-refractivity contribution >= 4 is 38.3 Å². The number of furan rings is 1. The number of amides is 1. The Morgan fingerprint density at radius 2 is 1.85 bits per heavy atom. The minimum absolute atomic E-state index is 0.172. The van der Waals surface area contributed by atoms with Crippen molar-refractivity contribution < 1.29 is 17.6 Å². The first-order valence-electron chi connectivity index (χ1n) is 8.42. The van der Waals surface area contributed by atoms with Crippen molar-refractivity contribution in [2.75, 3.05) is 21.9 Å². The number of carbonyl (C=O) groups excluding carboxylic acids is 1. The van der Waals surface area contributed by atoms with Crippen LogP contribution >= 0.6 is 0 Å². The fraction of sp³-hybridized carbons (Fsp3) is 0.211. The van der Waals surface area contributed by atoms with Crippen molar-refractivity contribution in [3.63, 3.8) is 0 Å². The molecule has 3 aromatic rings. The van der Waals surface area contributed by atoms with Gasteiger partial charge in [-0.25, -0.2) is 8.42 Å². The van der Waals surface area contributed by atoms with Crippen LogP contribution < -0.4 is 9.62 Å². The van der Waals surface area contributed by atoms with E-state index in [1.165, 1.54) is 4.31 Å². The maximum absolute atomic E-state index is 12.4. The molecule has 0 radical (unpaired) electrons. The monoisotopic (exact) mass is 370 g/mol. The molecule has 0 spiro atoms. The zero-order valence-corrected chi connectivity index (χ0v) is 14.8. The van der Waals surface area contributed by atoms with E-state index in [4.69, 9.17) is 4.42 Å². The molecule has 2 heterocycles. The van der Waals surface area contributed by atoms with Gasteiger partial charge in [0.05, 0.1) is 17.7 Å². The summed E-state index contributed by atoms with van der Waals surface area (Å²) in [5.74, 6) is -0.0768. The van der Waals surface area contributed by atoms with Gasteiger partial charge in [-0.05, 0) is 61.4 Å². The largest absolute Gasteiger partial charge is 0.464 e. The highest BCUT2D eigenvalue weighted by atomic mass is 32.2. The number of hydrogen-bond acceptors (Lipinski definition) is 4. The van der Waals surface area contributed by atoms with Crippen molar-refractivity contribution in [3.05, 3.63) is 60.4 Å². The molecule has 0 unspecified atom stereocenters. The van der Waals surface area contributed by atoms with E-state index in [1.54, 1.807) is 42.7 Å². The first kappa shape index (κ1) is 16.7. The van der Waals surface area contributed by atoms with Crippen LogP contribution in [0, 0.1) is 0 Å². The summed E-state index contributed by atoms with van der Waals surface area (Å²) in [5, 5.41) is 3.75. The highest BCUT2D eigenvalue weighted by Crippen LogP contribution is 2.24. The average molecular weight is 370 g/mol. The first-order chi connectivity index (χ1) is 12.5. The second-order valence-electron chi connectivity index (χ2n) is 6.27. The van der Waals surface area contributed by atoms with Gasteiger partial charge in [-0.1, -0.05) is 0 Å². The number of rotatable bonds is 3. The lowest BCUT2D eigenvalue weighted by molar-refractivity contribution is 0.102. The fourth-order valence-electron chi connectivity index (χ4n) is 3.11. The Balaban J connectivity index is 1.51. The van der Waals surface area contributed by atoms with Crippen LogP contribution in [0.15, 0.2) is 59.2 Å². The molecule has 26 heavy (non-hydrogen) atoms. The number of benzene rings is 2. The van der Waals surface area contributed by atoms with E-state index < -0.39 is 10.0 Å². The number of nitrogens with one attached hydrogen (secondary N) is 1. The highest BCUT2D eigenvalue weighted by Gasteiger charge is 2.26. The molecule has 0 aliphatic carbocycles. The Bertz CT molecular complexity index is 1050. The van der Waals surface area contributed by atoms with E-state index in [2.05, 4.69) is 5.32 Å². The third-order valence-corrected chi connectivity index (χ3v) is 6.35. The summed E-state index contributed by atoms with van der Waals surface area (Å²) in [6, 6.07) is 13.9. The predicted octanol–water partition coefficient (Wildman–Crippen LogP) is 3.62. The van der Waals surface area contributed by atoms with Gasteiger partial charge in [0, 0.05) is 23.2 Å². The predicted molar refractivity (Wildman–Crippen MR) is 101 cm³/mol. The van der Waals surface area contributed by atoms with Crippen LogP contribution in [0.1, 0.15) is 23.2 Å². The number of fused-ring (bicyclic) bond motifs is 1. The normalized spacial score (nSPS) is 16.5. The second-order valence-corrected chi connectivity index (χ2v) is 8.28. The van der Waals surface area contributed by atoms with Crippen molar-refractivity contribution in [2.45, 2.75) is 12.8 Å². The fourth-order valence-corrected chi connectivity index (χ4v) is 4.75. The van der Waals surface area contributed by atoms with Gasteiger partial charge in [0.25, 0.3) is 5.91 Å². The van der Waals surface area contributed by atoms with Crippen molar-refractivity contribution in [1.82, 2.24) is 0 Å². The quantitative estimate of drug-likeness (QED) is 0.764. The van der Waals surface area contributed by atoms with Crippen LogP contribution in [-0.4, -0.2) is 26.6 Å². The molecule has 6 nitrogen and oxygen atoms in total. The molecule has 1 aliphatic rings. The summed E-state index contributed by atoms with van der Waals surface area (Å²) < 4.78 is 31.0. The average Bonchev–Trinajstić information content (AvgIpc) is 3.09. The maximum Gasteiger partial charge on any atom is 0.255 e. The lowest BCUT2D eigenvalue weighted by Gasteiger charge is -2.28. The first-order valence-corrected chi connectivity index (χ1v) is 10.0. The van der Waals surface area contributed by atoms with Crippen molar-refractivity contribution in [3.8, 4) is 0 Å². The van der Waals surface area contributed by atoms with Gasteiger partial charge in [0.1, 0.15) is 5.58 Å². The van der Waals surface area contributed by atoms with Crippen LogP contribution in [-0.2, 0) is 10.0 Å². The Morgan fingerprint density at radius 3 is 2.62 bits per heavy atom. The van der Waals surface area contributed by atoms with Crippen LogP contribution in [0.3, 0.4) is 0 Å². The Kier molecular flexibility index (Phi) is 4.16. The minimum Gasteiger partial charge on any atom is -0.464 e. The van der Waals surface area contributed by atoms with Crippen LogP contribution in [0.5, 0.6) is 0 Å². The Hall–Kier alpha value is -2.80. The third kappa shape index (κ3) is 3.17. The lowest BCUT2D eigenvalue weighted by atomic mass is 10.1. The van der Waals surface area contributed by atoms with Gasteiger partial charge in [-0.2, -0.15) is 0 Å². The third-order valence-electron chi connectivity index (χ3n) is 4.48. The van der Waals surface area contributed by atoms with Gasteiger partial charge in [0.15, 0.2) is 0 Å². The second kappa shape index (κ2) is 6.49. The molecule has 1 fully saturated rings. The number of carbonyl (C=O) groups is 1. The van der Waals surface area contributed by atoms with Gasteiger partial charge in [0.2, 0.25) is 10.0 Å². The van der Waals surface area contributed by atoms with E-state index in [0.29, 0.717) is 29.9 Å². The van der Waals surface area contributed by atoms with E-state index >= 15 is 0 Å². The van der Waals surface area contributed by atoms with E-state index in [-0.39, 0.29) is 11.7 Å². The number of anilines is 2. The minimum atomic E-state index is -3.25. The summed E-state index contributed by atoms with van der Waals surface area (Å²) in [6.07, 6.45) is 3.14. The zero-order chi connectivity index (χ0) is 18.1. The number of nitrogens with zero attached hydrogens (tertiary/aromatic N) is 1. The molecule has 1 N–H and O–H groups in total. The van der Waals surface area contributed by atoms with Gasteiger partial charge in [-0.15, -0.1) is 0 Å². The summed E-state index contributed by atoms with van der Waals surface area (Å²) in [7, 11) is -3.25. The molecule has 0 atom stereocenters. The molecule has 1 aliphatic heterocycles. The zero-order valence-electron chi connectivity index (χ0n) is 14.0. The summed E-state index contributed by atoms with van der Waals surface area (Å²) in [5.41, 5.74) is 2.50. The molecule has 1 amide bonds. The van der Waals surface area contributed by atoms with Gasteiger partial charge < -0.3 is 9.73 Å². The smallest absolute Gasteiger partial charge is 0.255 e. The topological polar surface area (TPSA) is 79.6 Å². The molecular formula is C19H18N2O4S. The molecule has 0 bridgehead atoms. The lowest BCUT2D eigenvalue weighted by Crippen LogP contribution is -2.37. The number of hydrogen-bond donors (Lipinski definition) is 1.